The maximum atomic E-state index is 13.4. The average Bonchev–Trinajstić information content (AvgIpc) is 2.99. The fraction of sp³-hybridized carbons (Fsp3) is 0.188. The van der Waals surface area contributed by atoms with Gasteiger partial charge in [-0.05, 0) is 65.9 Å². The topological polar surface area (TPSA) is 137 Å². The number of aryl methyl sites for hydroxylation is 1. The molecule has 2 atom stereocenters. The van der Waals surface area contributed by atoms with Gasteiger partial charge in [0, 0.05) is 12.0 Å². The van der Waals surface area contributed by atoms with Crippen LogP contribution in [0.2, 0.25) is 0 Å². The number of nitro benzene ring substituents is 2. The van der Waals surface area contributed by atoms with E-state index in [0.29, 0.717) is 12.1 Å². The lowest BCUT2D eigenvalue weighted by molar-refractivity contribution is -0.393. The number of carbonyl (C=O) groups excluding carboxylic acids is 1. The molecule has 0 aliphatic heterocycles. The Morgan fingerprint density at radius 3 is 2.38 bits per heavy atom. The van der Waals surface area contributed by atoms with E-state index in [4.69, 9.17) is 4.74 Å². The summed E-state index contributed by atoms with van der Waals surface area (Å²) in [6, 6.07) is 25.4. The second kappa shape index (κ2) is 12.0. The Bertz CT molecular complexity index is 1750. The van der Waals surface area contributed by atoms with Gasteiger partial charge in [-0.3, -0.25) is 30.4 Å². The molecule has 1 aliphatic rings. The van der Waals surface area contributed by atoms with E-state index in [1.165, 1.54) is 6.07 Å². The van der Waals surface area contributed by atoms with E-state index in [2.05, 4.69) is 16.6 Å². The molecule has 4 aromatic rings. The molecular formula is C32H28N4O6. The number of fused-ring (bicyclic) bond motifs is 1. The van der Waals surface area contributed by atoms with E-state index in [-0.39, 0.29) is 18.2 Å². The zero-order valence-corrected chi connectivity index (χ0v) is 23.0. The molecule has 5 rings (SSSR count). The molecule has 2 unspecified atom stereocenters. The standard InChI is InChI=1S/C32H28N4O6/c1-3-42-32(37)31-27(22-10-8-20(2)9-11-22)17-25(24-13-12-21-6-4-5-7-23(21)16-24)18-29(31)34-33-28-15-14-26(35(38)39)19-30(28)36(40)41/h4-16,18-19,27,31,33H,3,17H2,1-2H3/b34-29+. The second-order valence-electron chi connectivity index (χ2n) is 10.0. The fourth-order valence-corrected chi connectivity index (χ4v) is 5.23. The van der Waals surface area contributed by atoms with E-state index in [9.17, 15) is 25.0 Å². The molecule has 0 aromatic heterocycles. The molecule has 10 nitrogen and oxygen atoms in total. The van der Waals surface area contributed by atoms with E-state index in [1.54, 1.807) is 6.92 Å². The van der Waals surface area contributed by atoms with E-state index in [1.807, 2.05) is 73.7 Å². The molecule has 0 radical (unpaired) electrons. The zero-order chi connectivity index (χ0) is 29.8. The fourth-order valence-electron chi connectivity index (χ4n) is 5.23. The third-order valence-corrected chi connectivity index (χ3v) is 7.34. The summed E-state index contributed by atoms with van der Waals surface area (Å²) in [5, 5.41) is 29.6. The minimum Gasteiger partial charge on any atom is -0.465 e. The summed E-state index contributed by atoms with van der Waals surface area (Å²) in [4.78, 5) is 34.9. The van der Waals surface area contributed by atoms with Crippen LogP contribution in [0.1, 0.15) is 36.0 Å². The molecule has 0 saturated heterocycles. The van der Waals surface area contributed by atoms with Gasteiger partial charge in [-0.1, -0.05) is 66.2 Å². The van der Waals surface area contributed by atoms with Crippen LogP contribution in [0.25, 0.3) is 16.3 Å². The van der Waals surface area contributed by atoms with Crippen molar-refractivity contribution in [2.45, 2.75) is 26.2 Å². The number of carbonyl (C=O) groups is 1. The third kappa shape index (κ3) is 5.87. The Labute approximate surface area is 241 Å². The van der Waals surface area contributed by atoms with Crippen molar-refractivity contribution in [2.75, 3.05) is 12.0 Å². The zero-order valence-electron chi connectivity index (χ0n) is 23.0. The molecule has 0 bridgehead atoms. The van der Waals surface area contributed by atoms with Crippen LogP contribution in [0, 0.1) is 33.1 Å². The van der Waals surface area contributed by atoms with Gasteiger partial charge in [-0.25, -0.2) is 0 Å². The molecule has 1 aliphatic carbocycles. The number of benzene rings is 4. The Kier molecular flexibility index (Phi) is 8.05. The van der Waals surface area contributed by atoms with Gasteiger partial charge in [0.2, 0.25) is 0 Å². The maximum absolute atomic E-state index is 13.4. The summed E-state index contributed by atoms with van der Waals surface area (Å²) in [6.45, 7) is 3.89. The Morgan fingerprint density at radius 1 is 0.952 bits per heavy atom. The predicted molar refractivity (Wildman–Crippen MR) is 161 cm³/mol. The summed E-state index contributed by atoms with van der Waals surface area (Å²) < 4.78 is 5.48. The number of ether oxygens (including phenoxy) is 1. The highest BCUT2D eigenvalue weighted by atomic mass is 16.6. The van der Waals surface area contributed by atoms with Crippen LogP contribution < -0.4 is 5.43 Å². The highest BCUT2D eigenvalue weighted by Gasteiger charge is 2.39. The van der Waals surface area contributed by atoms with Crippen LogP contribution in [0.5, 0.6) is 0 Å². The minimum atomic E-state index is -0.804. The van der Waals surface area contributed by atoms with Crippen molar-refractivity contribution in [1.82, 2.24) is 0 Å². The molecule has 212 valence electrons. The van der Waals surface area contributed by atoms with Crippen LogP contribution in [-0.2, 0) is 9.53 Å². The van der Waals surface area contributed by atoms with Crippen LogP contribution in [0.15, 0.2) is 96.1 Å². The van der Waals surface area contributed by atoms with Crippen molar-refractivity contribution in [3.63, 3.8) is 0 Å². The van der Waals surface area contributed by atoms with Crippen LogP contribution in [-0.4, -0.2) is 28.1 Å². The number of allylic oxidation sites excluding steroid dienone is 2. The Morgan fingerprint density at radius 2 is 1.69 bits per heavy atom. The van der Waals surface area contributed by atoms with E-state index in [0.717, 1.165) is 45.2 Å². The first-order valence-corrected chi connectivity index (χ1v) is 13.4. The van der Waals surface area contributed by atoms with Crippen LogP contribution in [0.3, 0.4) is 0 Å². The summed E-state index contributed by atoms with van der Waals surface area (Å²) in [6.07, 6.45) is 2.35. The number of hydrogen-bond acceptors (Lipinski definition) is 8. The molecule has 10 heteroatoms. The number of hydrogen-bond donors (Lipinski definition) is 1. The molecule has 4 aromatic carbocycles. The van der Waals surface area contributed by atoms with Gasteiger partial charge in [0.15, 0.2) is 0 Å². The minimum absolute atomic E-state index is 0.0428. The summed E-state index contributed by atoms with van der Waals surface area (Å²) in [5.41, 5.74) is 5.98. The number of non-ortho nitro benzene ring substituents is 1. The SMILES string of the molecule is CCOC(=O)C1/C(=N/Nc2ccc([N+](=O)[O-])cc2[N+](=O)[O-])C=C(c2ccc3ccccc3c2)CC1c1ccc(C)cc1. The lowest BCUT2D eigenvalue weighted by atomic mass is 9.73. The summed E-state index contributed by atoms with van der Waals surface area (Å²) in [5.74, 6) is -1.60. The van der Waals surface area contributed by atoms with Gasteiger partial charge in [0.25, 0.3) is 5.69 Å². The number of hydrazone groups is 1. The molecule has 0 saturated carbocycles. The Hall–Kier alpha value is -5.38. The predicted octanol–water partition coefficient (Wildman–Crippen LogP) is 7.18. The lowest BCUT2D eigenvalue weighted by Crippen LogP contribution is -2.34. The first kappa shape index (κ1) is 28.2. The molecule has 0 fully saturated rings. The molecule has 0 amide bonds. The number of nitrogens with one attached hydrogen (secondary N) is 1. The van der Waals surface area contributed by atoms with Gasteiger partial charge in [0.1, 0.15) is 11.6 Å². The van der Waals surface area contributed by atoms with Crippen LogP contribution in [0.4, 0.5) is 17.1 Å². The molecule has 42 heavy (non-hydrogen) atoms. The van der Waals surface area contributed by atoms with Crippen molar-refractivity contribution < 1.29 is 19.4 Å². The normalized spacial score (nSPS) is 17.5. The van der Waals surface area contributed by atoms with Crippen molar-refractivity contribution in [3.8, 4) is 0 Å². The highest BCUT2D eigenvalue weighted by molar-refractivity contribution is 6.14. The number of rotatable bonds is 8. The van der Waals surface area contributed by atoms with Gasteiger partial charge in [-0.2, -0.15) is 5.10 Å². The highest BCUT2D eigenvalue weighted by Crippen LogP contribution is 2.41. The van der Waals surface area contributed by atoms with Gasteiger partial charge in [0.05, 0.1) is 28.2 Å². The quantitative estimate of drug-likeness (QED) is 0.136. The molecule has 0 spiro atoms. The molecule has 0 heterocycles. The lowest BCUT2D eigenvalue weighted by Gasteiger charge is -2.31. The number of esters is 1. The van der Waals surface area contributed by atoms with Gasteiger partial charge < -0.3 is 4.74 Å². The van der Waals surface area contributed by atoms with Crippen molar-refractivity contribution >= 4 is 45.1 Å². The number of nitrogens with zero attached hydrogens (tertiary/aromatic N) is 3. The monoisotopic (exact) mass is 564 g/mol. The van der Waals surface area contributed by atoms with Crippen LogP contribution >= 0.6 is 0 Å². The Balaban J connectivity index is 1.65. The number of nitro groups is 2. The molecular weight excluding hydrogens is 536 g/mol. The van der Waals surface area contributed by atoms with Gasteiger partial charge in [-0.15, -0.1) is 0 Å². The van der Waals surface area contributed by atoms with E-state index < -0.39 is 33.1 Å². The largest absolute Gasteiger partial charge is 0.465 e. The molecule has 1 N–H and O–H groups in total. The maximum Gasteiger partial charge on any atom is 0.315 e. The first-order valence-electron chi connectivity index (χ1n) is 13.4. The third-order valence-electron chi connectivity index (χ3n) is 7.34. The first-order chi connectivity index (χ1) is 20.2. The van der Waals surface area contributed by atoms with E-state index >= 15 is 0 Å². The second-order valence-corrected chi connectivity index (χ2v) is 10.0. The van der Waals surface area contributed by atoms with Crippen molar-refractivity contribution in [2.24, 2.45) is 11.0 Å². The summed E-state index contributed by atoms with van der Waals surface area (Å²) in [7, 11) is 0. The average molecular weight is 565 g/mol. The summed E-state index contributed by atoms with van der Waals surface area (Å²) >= 11 is 0. The smallest absolute Gasteiger partial charge is 0.315 e. The van der Waals surface area contributed by atoms with Gasteiger partial charge >= 0.3 is 11.7 Å². The number of anilines is 1. The van der Waals surface area contributed by atoms with Crippen molar-refractivity contribution in [3.05, 3.63) is 128 Å². The van der Waals surface area contributed by atoms with Crippen molar-refractivity contribution in [1.29, 1.82) is 0 Å².